The highest BCUT2D eigenvalue weighted by Gasteiger charge is 2.16. The molecule has 20 heavy (non-hydrogen) atoms. The summed E-state index contributed by atoms with van der Waals surface area (Å²) in [5, 5.41) is 0. The molecule has 0 fully saturated rings. The van der Waals surface area contributed by atoms with Gasteiger partial charge in [-0.25, -0.2) is 4.39 Å². The largest absolute Gasteiger partial charge is 0.497 e. The quantitative estimate of drug-likeness (QED) is 0.911. The zero-order valence-corrected chi connectivity index (χ0v) is 11.7. The summed E-state index contributed by atoms with van der Waals surface area (Å²) < 4.78 is 18.6. The number of ether oxygens (including phenoxy) is 1. The highest BCUT2D eigenvalue weighted by atomic mass is 19.1. The van der Waals surface area contributed by atoms with Gasteiger partial charge in [-0.3, -0.25) is 0 Å². The Morgan fingerprint density at radius 2 is 1.95 bits per heavy atom. The number of methoxy groups -OCH3 is 1. The molecule has 3 nitrogen and oxygen atoms in total. The second-order valence-electron chi connectivity index (χ2n) is 4.62. The molecular weight excluding hydrogens is 255 g/mol. The maximum absolute atomic E-state index is 13.3. The Kier molecular flexibility index (Phi) is 4.58. The average molecular weight is 274 g/mol. The topological polar surface area (TPSA) is 38.5 Å². The fourth-order valence-corrected chi connectivity index (χ4v) is 2.24. The number of benzene rings is 2. The van der Waals surface area contributed by atoms with Gasteiger partial charge in [0.25, 0.3) is 0 Å². The summed E-state index contributed by atoms with van der Waals surface area (Å²) in [6.07, 6.45) is 0. The number of halogens is 1. The van der Waals surface area contributed by atoms with Gasteiger partial charge in [0.05, 0.1) is 13.2 Å². The molecule has 0 heterocycles. The summed E-state index contributed by atoms with van der Waals surface area (Å²) >= 11 is 0. The van der Waals surface area contributed by atoms with E-state index < -0.39 is 0 Å². The van der Waals surface area contributed by atoms with Crippen LogP contribution in [0.4, 0.5) is 10.1 Å². The predicted molar refractivity (Wildman–Crippen MR) is 79.6 cm³/mol. The first-order valence-corrected chi connectivity index (χ1v) is 6.48. The van der Waals surface area contributed by atoms with Crippen LogP contribution in [-0.4, -0.2) is 20.7 Å². The Morgan fingerprint density at radius 1 is 1.20 bits per heavy atom. The van der Waals surface area contributed by atoms with Crippen molar-refractivity contribution in [1.82, 2.24) is 0 Å². The van der Waals surface area contributed by atoms with Gasteiger partial charge in [0.15, 0.2) is 0 Å². The number of nitrogens with two attached hydrogens (primary N) is 1. The molecule has 0 spiro atoms. The molecule has 2 aromatic rings. The smallest absolute Gasteiger partial charge is 0.125 e. The predicted octanol–water partition coefficient (Wildman–Crippen LogP) is 2.97. The first-order valence-electron chi connectivity index (χ1n) is 6.48. The molecule has 0 bridgehead atoms. The summed E-state index contributed by atoms with van der Waals surface area (Å²) in [5.74, 6) is 0.532. The molecule has 0 aliphatic heterocycles. The Bertz CT molecular complexity index is 574. The standard InChI is InChI=1S/C16H19FN2O/c1-19(14-7-4-6-13(17)10-14)16(11-18)12-5-3-8-15(9-12)20-2/h3-10,16H,11,18H2,1-2H3. The van der Waals surface area contributed by atoms with E-state index in [9.17, 15) is 4.39 Å². The highest BCUT2D eigenvalue weighted by Crippen LogP contribution is 2.27. The molecule has 0 aliphatic rings. The molecule has 1 atom stereocenters. The van der Waals surface area contributed by atoms with Crippen LogP contribution in [0, 0.1) is 5.82 Å². The maximum atomic E-state index is 13.3. The van der Waals surface area contributed by atoms with Gasteiger partial charge in [0.1, 0.15) is 11.6 Å². The highest BCUT2D eigenvalue weighted by molar-refractivity contribution is 5.49. The summed E-state index contributed by atoms with van der Waals surface area (Å²) in [6.45, 7) is 0.431. The molecule has 0 saturated heterocycles. The SMILES string of the molecule is COc1cccc(C(CN)N(C)c2cccc(F)c2)c1. The molecule has 0 amide bonds. The summed E-state index contributed by atoms with van der Waals surface area (Å²) in [6, 6.07) is 14.2. The van der Waals surface area contributed by atoms with E-state index in [1.807, 2.05) is 42.3 Å². The van der Waals surface area contributed by atoms with Crippen molar-refractivity contribution in [3.63, 3.8) is 0 Å². The van der Waals surface area contributed by atoms with Gasteiger partial charge >= 0.3 is 0 Å². The lowest BCUT2D eigenvalue weighted by Crippen LogP contribution is -2.30. The van der Waals surface area contributed by atoms with E-state index in [1.165, 1.54) is 12.1 Å². The van der Waals surface area contributed by atoms with Crippen molar-refractivity contribution >= 4 is 5.69 Å². The van der Waals surface area contributed by atoms with Crippen LogP contribution in [0.1, 0.15) is 11.6 Å². The molecule has 0 saturated carbocycles. The van der Waals surface area contributed by atoms with E-state index in [-0.39, 0.29) is 11.9 Å². The number of hydrogen-bond acceptors (Lipinski definition) is 3. The van der Waals surface area contributed by atoms with Crippen molar-refractivity contribution in [2.45, 2.75) is 6.04 Å². The van der Waals surface area contributed by atoms with Crippen molar-refractivity contribution < 1.29 is 9.13 Å². The third-order valence-corrected chi connectivity index (χ3v) is 3.38. The van der Waals surface area contributed by atoms with Crippen molar-refractivity contribution in [2.24, 2.45) is 5.73 Å². The lowest BCUT2D eigenvalue weighted by molar-refractivity contribution is 0.413. The molecule has 4 heteroatoms. The minimum Gasteiger partial charge on any atom is -0.497 e. The third-order valence-electron chi connectivity index (χ3n) is 3.38. The number of rotatable bonds is 5. The van der Waals surface area contributed by atoms with Crippen molar-refractivity contribution in [2.75, 3.05) is 25.6 Å². The van der Waals surface area contributed by atoms with Crippen LogP contribution < -0.4 is 15.4 Å². The van der Waals surface area contributed by atoms with Gasteiger partial charge in [-0.05, 0) is 35.9 Å². The van der Waals surface area contributed by atoms with Crippen LogP contribution in [0.15, 0.2) is 48.5 Å². The van der Waals surface area contributed by atoms with Crippen LogP contribution in [0.2, 0.25) is 0 Å². The number of nitrogens with zero attached hydrogens (tertiary/aromatic N) is 1. The van der Waals surface area contributed by atoms with E-state index in [4.69, 9.17) is 10.5 Å². The molecule has 2 aromatic carbocycles. The summed E-state index contributed by atoms with van der Waals surface area (Å²) in [7, 11) is 3.54. The zero-order valence-electron chi connectivity index (χ0n) is 11.7. The van der Waals surface area contributed by atoms with Crippen molar-refractivity contribution in [3.05, 3.63) is 59.9 Å². The molecule has 2 N–H and O–H groups in total. The average Bonchev–Trinajstić information content (AvgIpc) is 2.48. The van der Waals surface area contributed by atoms with Crippen molar-refractivity contribution in [1.29, 1.82) is 0 Å². The molecule has 0 radical (unpaired) electrons. The Hall–Kier alpha value is -2.07. The van der Waals surface area contributed by atoms with E-state index in [0.717, 1.165) is 17.0 Å². The Labute approximate surface area is 118 Å². The Balaban J connectivity index is 2.31. The molecule has 0 aliphatic carbocycles. The number of likely N-dealkylation sites (N-methyl/N-ethyl adjacent to an activating group) is 1. The second-order valence-corrected chi connectivity index (χ2v) is 4.62. The summed E-state index contributed by atoms with van der Waals surface area (Å²) in [4.78, 5) is 1.97. The van der Waals surface area contributed by atoms with Crippen LogP contribution in [0.5, 0.6) is 5.75 Å². The second kappa shape index (κ2) is 6.39. The maximum Gasteiger partial charge on any atom is 0.125 e. The molecule has 0 aromatic heterocycles. The first-order chi connectivity index (χ1) is 9.65. The van der Waals surface area contributed by atoms with Crippen molar-refractivity contribution in [3.8, 4) is 5.75 Å². The lowest BCUT2D eigenvalue weighted by atomic mass is 10.0. The minimum absolute atomic E-state index is 0.0353. The number of anilines is 1. The van der Waals surface area contributed by atoms with Gasteiger partial charge in [-0.1, -0.05) is 18.2 Å². The van der Waals surface area contributed by atoms with E-state index in [2.05, 4.69) is 0 Å². The molecular formula is C16H19FN2O. The van der Waals surface area contributed by atoms with E-state index in [1.54, 1.807) is 13.2 Å². The van der Waals surface area contributed by atoms with Gasteiger partial charge in [-0.15, -0.1) is 0 Å². The number of hydrogen-bond donors (Lipinski definition) is 1. The summed E-state index contributed by atoms with van der Waals surface area (Å²) in [5.41, 5.74) is 7.73. The third kappa shape index (κ3) is 3.08. The zero-order chi connectivity index (χ0) is 14.5. The van der Waals surface area contributed by atoms with Gasteiger partial charge in [0.2, 0.25) is 0 Å². The fourth-order valence-electron chi connectivity index (χ4n) is 2.24. The van der Waals surface area contributed by atoms with Crippen LogP contribution in [-0.2, 0) is 0 Å². The van der Waals surface area contributed by atoms with Gasteiger partial charge < -0.3 is 15.4 Å². The van der Waals surface area contributed by atoms with Crippen LogP contribution in [0.3, 0.4) is 0 Å². The van der Waals surface area contributed by atoms with E-state index in [0.29, 0.717) is 6.54 Å². The molecule has 1 unspecified atom stereocenters. The van der Waals surface area contributed by atoms with Gasteiger partial charge in [-0.2, -0.15) is 0 Å². The molecule has 106 valence electrons. The van der Waals surface area contributed by atoms with Gasteiger partial charge in [0, 0.05) is 19.3 Å². The Morgan fingerprint density at radius 3 is 2.60 bits per heavy atom. The van der Waals surface area contributed by atoms with E-state index >= 15 is 0 Å². The van der Waals surface area contributed by atoms with Crippen LogP contribution in [0.25, 0.3) is 0 Å². The monoisotopic (exact) mass is 274 g/mol. The minimum atomic E-state index is -0.254. The first kappa shape index (κ1) is 14.3. The normalized spacial score (nSPS) is 12.0. The fraction of sp³-hybridized carbons (Fsp3) is 0.250. The lowest BCUT2D eigenvalue weighted by Gasteiger charge is -2.29. The van der Waals surface area contributed by atoms with Crippen LogP contribution >= 0.6 is 0 Å². The molecule has 2 rings (SSSR count).